The second-order valence-electron chi connectivity index (χ2n) is 16.2. The number of aromatic hydroxyl groups is 1. The molecule has 19 atom stereocenters. The van der Waals surface area contributed by atoms with Crippen LogP contribution in [0.5, 0.6) is 11.5 Å². The van der Waals surface area contributed by atoms with Crippen molar-refractivity contribution in [3.63, 3.8) is 0 Å². The summed E-state index contributed by atoms with van der Waals surface area (Å²) in [6.07, 6.45) is -24.9. The third-order valence-corrected chi connectivity index (χ3v) is 12.2. The second kappa shape index (κ2) is 21.4. The molecule has 1 aliphatic carbocycles. The minimum absolute atomic E-state index is 0.0195. The molecule has 3 saturated heterocycles. The average molecular weight is 896 g/mol. The van der Waals surface area contributed by atoms with Crippen molar-refractivity contribution in [1.29, 1.82) is 0 Å². The lowest BCUT2D eigenvalue weighted by Crippen LogP contribution is -2.68. The van der Waals surface area contributed by atoms with Gasteiger partial charge in [0.2, 0.25) is 6.29 Å². The number of nitrogens with one attached hydrogen (secondary N) is 1. The first-order chi connectivity index (χ1) is 30.1. The van der Waals surface area contributed by atoms with Crippen molar-refractivity contribution in [2.24, 2.45) is 0 Å². The lowest BCUT2D eigenvalue weighted by atomic mass is 9.86. The zero-order valence-corrected chi connectivity index (χ0v) is 35.0. The van der Waals surface area contributed by atoms with E-state index >= 15 is 0 Å². The number of hydrogen-bond acceptors (Lipinski definition) is 20. The van der Waals surface area contributed by atoms with Gasteiger partial charge in [-0.1, -0.05) is 44.2 Å². The van der Waals surface area contributed by atoms with Crippen LogP contribution in [0.2, 0.25) is 0 Å². The Balaban J connectivity index is 1.07. The molecule has 0 saturated carbocycles. The van der Waals surface area contributed by atoms with Crippen molar-refractivity contribution >= 4 is 11.1 Å². The molecule has 3 fully saturated rings. The fourth-order valence-corrected chi connectivity index (χ4v) is 8.61. The van der Waals surface area contributed by atoms with Gasteiger partial charge in [0.15, 0.2) is 12.6 Å². The average Bonchev–Trinajstić information content (AvgIpc) is 3.28. The Labute approximate surface area is 363 Å². The summed E-state index contributed by atoms with van der Waals surface area (Å²) < 4.78 is 34.9. The number of allylic oxidation sites excluding steroid dienone is 2. The maximum atomic E-state index is 11.2. The van der Waals surface area contributed by atoms with Crippen molar-refractivity contribution in [3.05, 3.63) is 71.3 Å². The molecule has 4 aliphatic rings. The third-order valence-electron chi connectivity index (χ3n) is 12.2. The molecular weight excluding hydrogens is 834 g/mol. The summed E-state index contributed by atoms with van der Waals surface area (Å²) in [5, 5.41) is 140. The molecule has 19 unspecified atom stereocenters. The van der Waals surface area contributed by atoms with Gasteiger partial charge in [0.05, 0.1) is 38.0 Å². The number of hydrogen-bond donors (Lipinski definition) is 14. The normalized spacial score (nSPS) is 40.2. The first kappa shape index (κ1) is 49.2. The standard InChI is InChI=1S/C43H61NO19/c1-4-24(19-6-10-22(48)11-7-19)25(5-2)20-8-12-23(13-9-20)59-42-37(56)34(53)40(27(16-46)60-42)63-43-38(57)35(54)39(28(17-47)61-43)62-41-36(55)32(51)29(18(3)58-41)44-26-14-21(15-45)30(49)33(52)31(26)50/h6-14,18,26-57H,4-5,15-17H2,1-3H3/b25-24-. The molecule has 2 aromatic rings. The van der Waals surface area contributed by atoms with Crippen LogP contribution in [0.25, 0.3) is 11.1 Å². The summed E-state index contributed by atoms with van der Waals surface area (Å²) in [5.41, 5.74) is 4.08. The van der Waals surface area contributed by atoms with E-state index < -0.39 is 136 Å². The van der Waals surface area contributed by atoms with Crippen LogP contribution in [0.3, 0.4) is 0 Å². The summed E-state index contributed by atoms with van der Waals surface area (Å²) >= 11 is 0. The summed E-state index contributed by atoms with van der Waals surface area (Å²) in [6.45, 7) is 3.33. The predicted octanol–water partition coefficient (Wildman–Crippen LogP) is -3.04. The molecule has 0 radical (unpaired) electrons. The second-order valence-corrected chi connectivity index (χ2v) is 16.2. The monoisotopic (exact) mass is 895 g/mol. The van der Waals surface area contributed by atoms with Gasteiger partial charge in [-0.05, 0) is 71.9 Å². The molecule has 20 nitrogen and oxygen atoms in total. The van der Waals surface area contributed by atoms with E-state index in [-0.39, 0.29) is 17.1 Å². The molecule has 3 heterocycles. The lowest BCUT2D eigenvalue weighted by Gasteiger charge is -2.48. The van der Waals surface area contributed by atoms with Gasteiger partial charge < -0.3 is 100 Å². The van der Waals surface area contributed by atoms with Crippen molar-refractivity contribution in [3.8, 4) is 11.5 Å². The Bertz CT molecular complexity index is 1830. The summed E-state index contributed by atoms with van der Waals surface area (Å²) in [7, 11) is 0. The molecule has 3 aliphatic heterocycles. The first-order valence-electron chi connectivity index (χ1n) is 21.0. The van der Waals surface area contributed by atoms with Crippen LogP contribution in [0, 0.1) is 0 Å². The van der Waals surface area contributed by atoms with Gasteiger partial charge in [-0.25, -0.2) is 0 Å². The Morgan fingerprint density at radius 3 is 1.57 bits per heavy atom. The van der Waals surface area contributed by atoms with E-state index in [1.54, 1.807) is 24.3 Å². The smallest absolute Gasteiger partial charge is 0.229 e. The highest BCUT2D eigenvalue weighted by molar-refractivity contribution is 5.90. The van der Waals surface area contributed by atoms with Crippen molar-refractivity contribution in [1.82, 2.24) is 5.32 Å². The highest BCUT2D eigenvalue weighted by Crippen LogP contribution is 2.36. The zero-order chi connectivity index (χ0) is 45.9. The first-order valence-corrected chi connectivity index (χ1v) is 21.0. The lowest BCUT2D eigenvalue weighted by molar-refractivity contribution is -0.372. The van der Waals surface area contributed by atoms with Gasteiger partial charge >= 0.3 is 0 Å². The molecule has 6 rings (SSSR count). The number of rotatable bonds is 15. The Hall–Kier alpha value is -3.20. The summed E-state index contributed by atoms with van der Waals surface area (Å²) in [6, 6.07) is 11.8. The van der Waals surface area contributed by atoms with Crippen LogP contribution >= 0.6 is 0 Å². The van der Waals surface area contributed by atoms with Crippen LogP contribution in [0.1, 0.15) is 44.7 Å². The molecule has 63 heavy (non-hydrogen) atoms. The minimum Gasteiger partial charge on any atom is -0.508 e. The molecule has 20 heteroatoms. The fourth-order valence-electron chi connectivity index (χ4n) is 8.61. The van der Waals surface area contributed by atoms with E-state index in [1.165, 1.54) is 13.0 Å². The summed E-state index contributed by atoms with van der Waals surface area (Å²) in [4.78, 5) is 0. The van der Waals surface area contributed by atoms with Crippen LogP contribution in [-0.4, -0.2) is 203 Å². The molecule has 2 aromatic carbocycles. The van der Waals surface area contributed by atoms with E-state index in [0.717, 1.165) is 28.7 Å². The molecular formula is C43H61NO19. The number of aliphatic hydroxyl groups excluding tert-OH is 12. The predicted molar refractivity (Wildman–Crippen MR) is 218 cm³/mol. The zero-order valence-electron chi connectivity index (χ0n) is 35.0. The van der Waals surface area contributed by atoms with Gasteiger partial charge in [0.1, 0.15) is 90.9 Å². The fraction of sp³-hybridized carbons (Fsp3) is 0.628. The maximum Gasteiger partial charge on any atom is 0.229 e. The van der Waals surface area contributed by atoms with Crippen LogP contribution in [0.4, 0.5) is 0 Å². The number of aliphatic hydroxyl groups is 12. The van der Waals surface area contributed by atoms with E-state index in [2.05, 4.69) is 5.32 Å². The molecule has 0 bridgehead atoms. The van der Waals surface area contributed by atoms with Gasteiger partial charge in [0.25, 0.3) is 0 Å². The van der Waals surface area contributed by atoms with Crippen molar-refractivity contribution in [2.75, 3.05) is 19.8 Å². The molecule has 352 valence electrons. The Kier molecular flexibility index (Phi) is 16.7. The topological polar surface area (TPSA) is 330 Å². The third kappa shape index (κ3) is 10.4. The molecule has 14 N–H and O–H groups in total. The maximum absolute atomic E-state index is 11.2. The van der Waals surface area contributed by atoms with Crippen LogP contribution in [0.15, 0.2) is 60.2 Å². The van der Waals surface area contributed by atoms with E-state index in [1.807, 2.05) is 38.1 Å². The Morgan fingerprint density at radius 1 is 0.587 bits per heavy atom. The summed E-state index contributed by atoms with van der Waals surface area (Å²) in [5.74, 6) is 0.439. The quantitative estimate of drug-likeness (QED) is 0.0624. The van der Waals surface area contributed by atoms with Crippen LogP contribution in [-0.2, 0) is 23.7 Å². The number of benzene rings is 2. The number of phenolic OH excluding ortho intramolecular Hbond substituents is 1. The van der Waals surface area contributed by atoms with E-state index in [9.17, 15) is 66.4 Å². The van der Waals surface area contributed by atoms with Crippen molar-refractivity contribution < 1.29 is 94.8 Å². The van der Waals surface area contributed by atoms with Gasteiger partial charge in [-0.2, -0.15) is 0 Å². The minimum atomic E-state index is -1.96. The van der Waals surface area contributed by atoms with Crippen molar-refractivity contribution in [2.45, 2.75) is 150 Å². The van der Waals surface area contributed by atoms with Gasteiger partial charge in [-0.3, -0.25) is 0 Å². The van der Waals surface area contributed by atoms with E-state index in [4.69, 9.17) is 28.4 Å². The van der Waals surface area contributed by atoms with Crippen LogP contribution < -0.4 is 10.1 Å². The molecule has 0 spiro atoms. The van der Waals surface area contributed by atoms with E-state index in [0.29, 0.717) is 6.42 Å². The highest BCUT2D eigenvalue weighted by Gasteiger charge is 2.54. The highest BCUT2D eigenvalue weighted by atomic mass is 16.8. The van der Waals surface area contributed by atoms with Gasteiger partial charge in [0, 0.05) is 0 Å². The number of phenols is 1. The molecule has 0 amide bonds. The largest absolute Gasteiger partial charge is 0.508 e. The molecule has 0 aromatic heterocycles. The SMILES string of the molecule is CC/C(=C(\CC)c1ccc(OC2OC(CO)C(OC3OC(CO)C(OC4OC(C)C(NC5C=C(CO)C(O)C(O)C5O)C(O)C4O)C(O)C3O)C(O)C2O)cc1)c1ccc(O)cc1. The Morgan fingerprint density at radius 2 is 1.06 bits per heavy atom. The van der Waals surface area contributed by atoms with Gasteiger partial charge in [-0.15, -0.1) is 0 Å². The number of ether oxygens (including phenoxy) is 6.